The van der Waals surface area contributed by atoms with E-state index in [1.807, 2.05) is 48.6 Å². The molecule has 0 unspecified atom stereocenters. The highest BCUT2D eigenvalue weighted by atomic mass is 32.2. The fourth-order valence-corrected chi connectivity index (χ4v) is 4.69. The number of hydrogen-bond acceptors (Lipinski definition) is 3. The number of pyridine rings is 1. The Bertz CT molecular complexity index is 1870. The number of fused-ring (bicyclic) bond motifs is 11. The number of aromatic amines is 4. The molecule has 3 radical (unpaired) electrons. The molecule has 6 rings (SSSR count). The van der Waals surface area contributed by atoms with Gasteiger partial charge in [-0.3, -0.25) is 9.54 Å². The van der Waals surface area contributed by atoms with Crippen LogP contribution in [0.3, 0.4) is 0 Å². The summed E-state index contributed by atoms with van der Waals surface area (Å²) in [7, 11) is -4.44. The molecule has 1 aliphatic heterocycles. The Labute approximate surface area is 198 Å². The summed E-state index contributed by atoms with van der Waals surface area (Å²) in [6.45, 7) is 0. The lowest BCUT2D eigenvalue weighted by Gasteiger charge is -1.93. The van der Waals surface area contributed by atoms with Crippen LogP contribution in [0.5, 0.6) is 0 Å². The van der Waals surface area contributed by atoms with Crippen molar-refractivity contribution < 1.29 is 13.0 Å². The Morgan fingerprint density at radius 3 is 2.24 bits per heavy atom. The van der Waals surface area contributed by atoms with Crippen molar-refractivity contribution in [2.75, 3.05) is 0 Å². The van der Waals surface area contributed by atoms with Crippen molar-refractivity contribution in [1.29, 1.82) is 0 Å². The molecule has 0 aliphatic carbocycles. The number of aromatic nitrogens is 5. The van der Waals surface area contributed by atoms with Crippen molar-refractivity contribution in [2.45, 2.75) is 4.90 Å². The van der Waals surface area contributed by atoms with Crippen LogP contribution in [0.4, 0.5) is 0 Å². The lowest BCUT2D eigenvalue weighted by molar-refractivity contribution is 0.482. The molecule has 5 aromatic rings. The highest BCUT2D eigenvalue weighted by Crippen LogP contribution is 2.21. The van der Waals surface area contributed by atoms with E-state index in [0.717, 1.165) is 38.7 Å². The summed E-state index contributed by atoms with van der Waals surface area (Å²) >= 11 is 0. The van der Waals surface area contributed by atoms with Gasteiger partial charge < -0.3 is 19.9 Å². The maximum Gasteiger partial charge on any atom is 0.296 e. The maximum atomic E-state index is 12.1. The zero-order valence-corrected chi connectivity index (χ0v) is 19.1. The molecule has 5 aromatic heterocycles. The summed E-state index contributed by atoms with van der Waals surface area (Å²) in [4.78, 5) is 17.4. The Hall–Kier alpha value is -3.55. The van der Waals surface area contributed by atoms with Crippen LogP contribution in [0.15, 0.2) is 53.6 Å². The number of rotatable bonds is 1. The van der Waals surface area contributed by atoms with Crippen molar-refractivity contribution in [1.82, 2.24) is 24.9 Å². The van der Waals surface area contributed by atoms with Gasteiger partial charge in [0.15, 0.2) is 0 Å². The number of H-pyrrole nitrogens is 4. The lowest BCUT2D eigenvalue weighted by atomic mass is 10.2. The summed E-state index contributed by atoms with van der Waals surface area (Å²) in [5.41, 5.74) is 3.88. The van der Waals surface area contributed by atoms with Gasteiger partial charge in [0.05, 0.1) is 22.3 Å². The SMILES string of the molecule is O=S(=O)(O)c1cc2[nH]c1=Cc1[nH]c(c3ncccc13)C=c1ccc([nH]1)=Cc1ccc([nH]1)C=2.[Al]. The molecule has 10 heteroatoms. The standard InChI is InChI=1S/C23H17N5O3S.Al/c29-32(30,31)22-11-17-9-15-4-3-13(25-15)8-14-5-6-16(26-14)10-21-23-18(2-1-7-24-23)19(28-21)12-20(22)27-17;/h1-12,25-28H,(H,29,30,31);. The Kier molecular flexibility index (Phi) is 5.03. The molecule has 0 spiro atoms. The highest BCUT2D eigenvalue weighted by Gasteiger charge is 2.15. The normalized spacial score (nSPS) is 12.8. The van der Waals surface area contributed by atoms with Crippen molar-refractivity contribution in [2.24, 2.45) is 0 Å². The first-order chi connectivity index (χ1) is 15.4. The minimum Gasteiger partial charge on any atom is -0.355 e. The average Bonchev–Trinajstić information content (AvgIpc) is 3.52. The van der Waals surface area contributed by atoms with Crippen LogP contribution in [-0.4, -0.2) is 55.3 Å². The Morgan fingerprint density at radius 2 is 1.48 bits per heavy atom. The van der Waals surface area contributed by atoms with E-state index in [4.69, 9.17) is 0 Å². The van der Waals surface area contributed by atoms with Gasteiger partial charge >= 0.3 is 0 Å². The summed E-state index contributed by atoms with van der Waals surface area (Å²) in [6, 6.07) is 12.9. The minimum atomic E-state index is -4.44. The van der Waals surface area contributed by atoms with Gasteiger partial charge in [-0.05, 0) is 66.8 Å². The summed E-state index contributed by atoms with van der Waals surface area (Å²) in [6.07, 6.45) is 9.09. The average molecular weight is 470 g/mol. The molecular formula is C23H17AlN5O3S. The molecule has 0 atom stereocenters. The van der Waals surface area contributed by atoms with Gasteiger partial charge in [-0.15, -0.1) is 0 Å². The first-order valence-electron chi connectivity index (χ1n) is 9.87. The molecule has 1 aliphatic rings. The number of nitrogens with zero attached hydrogens (tertiary/aromatic N) is 1. The monoisotopic (exact) mass is 470 g/mol. The molecule has 0 amide bonds. The fourth-order valence-electron chi connectivity index (χ4n) is 4.03. The molecule has 8 nitrogen and oxygen atoms in total. The van der Waals surface area contributed by atoms with E-state index in [2.05, 4.69) is 24.9 Å². The van der Waals surface area contributed by atoms with Crippen LogP contribution < -0.4 is 21.4 Å². The molecular weight excluding hydrogens is 453 g/mol. The lowest BCUT2D eigenvalue weighted by Crippen LogP contribution is -2.15. The van der Waals surface area contributed by atoms with Gasteiger partial charge in [0, 0.05) is 56.4 Å². The van der Waals surface area contributed by atoms with Gasteiger partial charge in [-0.25, -0.2) is 0 Å². The van der Waals surface area contributed by atoms with E-state index in [0.29, 0.717) is 11.0 Å². The second-order valence-electron chi connectivity index (χ2n) is 7.64. The smallest absolute Gasteiger partial charge is 0.296 e. The van der Waals surface area contributed by atoms with Gasteiger partial charge in [-0.1, -0.05) is 0 Å². The van der Waals surface area contributed by atoms with Crippen LogP contribution in [0.25, 0.3) is 35.2 Å². The van der Waals surface area contributed by atoms with E-state index >= 15 is 0 Å². The molecule has 0 fully saturated rings. The summed E-state index contributed by atoms with van der Waals surface area (Å²) in [5, 5.41) is 3.46. The largest absolute Gasteiger partial charge is 0.355 e. The minimum absolute atomic E-state index is 0. The Morgan fingerprint density at radius 1 is 0.758 bits per heavy atom. The number of nitrogens with one attached hydrogen (secondary N) is 4. The van der Waals surface area contributed by atoms with E-state index in [9.17, 15) is 13.0 Å². The molecule has 5 N–H and O–H groups in total. The summed E-state index contributed by atoms with van der Waals surface area (Å²) < 4.78 is 33.9. The Balaban J connectivity index is 0.00000228. The van der Waals surface area contributed by atoms with Crippen molar-refractivity contribution >= 4 is 62.7 Å². The zero-order chi connectivity index (χ0) is 21.9. The molecule has 8 bridgehead atoms. The topological polar surface area (TPSA) is 130 Å². The number of hydrogen-bond donors (Lipinski definition) is 5. The molecule has 0 saturated carbocycles. The predicted octanol–water partition coefficient (Wildman–Crippen LogP) is 0.0417. The molecule has 0 saturated heterocycles. The van der Waals surface area contributed by atoms with Gasteiger partial charge in [0.1, 0.15) is 4.90 Å². The van der Waals surface area contributed by atoms with Gasteiger partial charge in [0.25, 0.3) is 10.1 Å². The second kappa shape index (κ2) is 7.79. The zero-order valence-electron chi connectivity index (χ0n) is 17.1. The second-order valence-corrected chi connectivity index (χ2v) is 9.03. The van der Waals surface area contributed by atoms with Crippen LogP contribution in [0.1, 0.15) is 22.8 Å². The van der Waals surface area contributed by atoms with Gasteiger partial charge in [0.2, 0.25) is 0 Å². The third kappa shape index (κ3) is 3.90. The van der Waals surface area contributed by atoms with Crippen molar-refractivity contribution in [3.63, 3.8) is 0 Å². The van der Waals surface area contributed by atoms with E-state index < -0.39 is 10.1 Å². The van der Waals surface area contributed by atoms with Crippen molar-refractivity contribution in [3.8, 4) is 0 Å². The van der Waals surface area contributed by atoms with Crippen LogP contribution >= 0.6 is 0 Å². The van der Waals surface area contributed by atoms with Crippen molar-refractivity contribution in [3.05, 3.63) is 92.8 Å². The third-order valence-electron chi connectivity index (χ3n) is 5.40. The third-order valence-corrected chi connectivity index (χ3v) is 6.30. The van der Waals surface area contributed by atoms with Crippen LogP contribution in [-0.2, 0) is 10.1 Å². The quantitative estimate of drug-likeness (QED) is 0.172. The first-order valence-corrected chi connectivity index (χ1v) is 11.3. The molecule has 161 valence electrons. The van der Waals surface area contributed by atoms with Crippen LogP contribution in [0, 0.1) is 0 Å². The van der Waals surface area contributed by atoms with E-state index in [1.54, 1.807) is 18.3 Å². The summed E-state index contributed by atoms with van der Waals surface area (Å²) in [5.74, 6) is 0. The maximum absolute atomic E-state index is 12.1. The first kappa shape index (κ1) is 21.3. The fraction of sp³-hybridized carbons (Fsp3) is 0. The van der Waals surface area contributed by atoms with E-state index in [-0.39, 0.29) is 27.6 Å². The predicted molar refractivity (Wildman–Crippen MR) is 127 cm³/mol. The van der Waals surface area contributed by atoms with Gasteiger partial charge in [-0.2, -0.15) is 8.42 Å². The van der Waals surface area contributed by atoms with Crippen LogP contribution in [0.2, 0.25) is 0 Å². The molecule has 6 heterocycles. The highest BCUT2D eigenvalue weighted by molar-refractivity contribution is 7.85. The van der Waals surface area contributed by atoms with E-state index in [1.165, 1.54) is 6.07 Å². The molecule has 0 aromatic carbocycles. The molecule has 33 heavy (non-hydrogen) atoms.